The maximum absolute atomic E-state index is 13.6. The number of urea groups is 1. The van der Waals surface area contributed by atoms with Crippen molar-refractivity contribution < 1.29 is 36.9 Å². The van der Waals surface area contributed by atoms with Crippen LogP contribution >= 0.6 is 0 Å². The standard InChI is InChI=1S/C27H34F3N7O5/c1-14-3-5-16(6-4-14)22(34-25(39)23-21(15-7-8-15)35-42-36-23)24(38)33-20-11-17(9-10-31-20)18(13-41-2)37-12-19(27(28,29)30)32-26(37)40/h9-11,14-16,18-19,22H,3-8,12-13H2,1-2H3,(H,32,40)(H,34,39)(H,31,33,38)/t14?,16?,18?,19-,22-/m0/s1. The number of nitrogens with one attached hydrogen (secondary N) is 3. The molecule has 2 aromatic rings. The summed E-state index contributed by atoms with van der Waals surface area (Å²) in [6.07, 6.45) is 1.86. The number of rotatable bonds is 10. The zero-order valence-corrected chi connectivity index (χ0v) is 23.3. The number of aromatic nitrogens is 3. The first-order valence-corrected chi connectivity index (χ1v) is 14.1. The van der Waals surface area contributed by atoms with Crippen molar-refractivity contribution in [2.24, 2.45) is 11.8 Å². The number of alkyl halides is 3. The Bertz CT molecular complexity index is 1290. The topological polar surface area (TPSA) is 152 Å². The van der Waals surface area contributed by atoms with Crippen LogP contribution in [-0.2, 0) is 9.53 Å². The van der Waals surface area contributed by atoms with E-state index < -0.39 is 48.7 Å². The lowest BCUT2D eigenvalue weighted by Gasteiger charge is -2.32. The van der Waals surface area contributed by atoms with E-state index in [-0.39, 0.29) is 30.0 Å². The van der Waals surface area contributed by atoms with Crippen LogP contribution in [-0.4, -0.2) is 76.6 Å². The zero-order valence-electron chi connectivity index (χ0n) is 23.3. The number of methoxy groups -OCH3 is 1. The van der Waals surface area contributed by atoms with Gasteiger partial charge >= 0.3 is 12.2 Å². The van der Waals surface area contributed by atoms with Crippen molar-refractivity contribution in [1.29, 1.82) is 0 Å². The molecule has 3 N–H and O–H groups in total. The Morgan fingerprint density at radius 1 is 1.19 bits per heavy atom. The number of anilines is 1. The first-order valence-electron chi connectivity index (χ1n) is 14.1. The Kier molecular flexibility index (Phi) is 8.66. The van der Waals surface area contributed by atoms with Gasteiger partial charge in [0.1, 0.15) is 23.6 Å². The third-order valence-electron chi connectivity index (χ3n) is 8.25. The molecule has 1 aliphatic heterocycles. The second-order valence-electron chi connectivity index (χ2n) is 11.4. The first kappa shape index (κ1) is 29.7. The lowest BCUT2D eigenvalue weighted by molar-refractivity contribution is -0.150. The minimum Gasteiger partial charge on any atom is -0.382 e. The number of halogens is 3. The van der Waals surface area contributed by atoms with Gasteiger partial charge in [0.05, 0.1) is 19.2 Å². The third kappa shape index (κ3) is 6.66. The highest BCUT2D eigenvalue weighted by Crippen LogP contribution is 2.40. The van der Waals surface area contributed by atoms with Crippen LogP contribution in [0, 0.1) is 11.8 Å². The van der Waals surface area contributed by atoms with Crippen molar-refractivity contribution in [2.45, 2.75) is 75.7 Å². The van der Waals surface area contributed by atoms with Gasteiger partial charge in [-0.25, -0.2) is 14.4 Å². The van der Waals surface area contributed by atoms with E-state index in [2.05, 4.69) is 32.9 Å². The predicted octanol–water partition coefficient (Wildman–Crippen LogP) is 3.55. The van der Waals surface area contributed by atoms with Crippen molar-refractivity contribution in [3.8, 4) is 0 Å². The fraction of sp³-hybridized carbons (Fsp3) is 0.630. The molecule has 15 heteroatoms. The first-order chi connectivity index (χ1) is 20.0. The Morgan fingerprint density at radius 3 is 2.57 bits per heavy atom. The quantitative estimate of drug-likeness (QED) is 0.378. The van der Waals surface area contributed by atoms with Crippen LogP contribution in [0.3, 0.4) is 0 Å². The van der Waals surface area contributed by atoms with Crippen molar-refractivity contribution in [2.75, 3.05) is 25.6 Å². The zero-order chi connectivity index (χ0) is 30.0. The number of carbonyl (C=O) groups excluding carboxylic acids is 3. The second-order valence-corrected chi connectivity index (χ2v) is 11.4. The highest BCUT2D eigenvalue weighted by atomic mass is 19.4. The lowest BCUT2D eigenvalue weighted by atomic mass is 9.79. The fourth-order valence-corrected chi connectivity index (χ4v) is 5.67. The largest absolute Gasteiger partial charge is 0.410 e. The molecular weight excluding hydrogens is 559 g/mol. The average Bonchev–Trinajstić information content (AvgIpc) is 3.53. The summed E-state index contributed by atoms with van der Waals surface area (Å²) in [4.78, 5) is 44.6. The van der Waals surface area contributed by atoms with Crippen LogP contribution in [0.2, 0.25) is 0 Å². The SMILES string of the molecule is COCC(c1ccnc(NC(=O)[C@@H](NC(=O)c2nonc2C2CC2)C2CCC(C)CC2)c1)N1C[C@@H](C(F)(F)F)NC1=O. The molecule has 2 saturated carbocycles. The molecule has 3 fully saturated rings. The summed E-state index contributed by atoms with van der Waals surface area (Å²) in [6, 6.07) is -1.60. The van der Waals surface area contributed by atoms with E-state index in [1.54, 1.807) is 6.07 Å². The van der Waals surface area contributed by atoms with Gasteiger partial charge in [0.25, 0.3) is 5.91 Å². The van der Waals surface area contributed by atoms with Gasteiger partial charge in [-0.15, -0.1) is 0 Å². The number of pyridine rings is 1. The third-order valence-corrected chi connectivity index (χ3v) is 8.25. The van der Waals surface area contributed by atoms with E-state index in [4.69, 9.17) is 9.37 Å². The van der Waals surface area contributed by atoms with E-state index in [1.165, 1.54) is 19.4 Å². The van der Waals surface area contributed by atoms with Crippen LogP contribution < -0.4 is 16.0 Å². The molecule has 1 unspecified atom stereocenters. The van der Waals surface area contributed by atoms with E-state index >= 15 is 0 Å². The minimum atomic E-state index is -4.60. The number of hydrogen-bond acceptors (Lipinski definition) is 8. The van der Waals surface area contributed by atoms with Crippen LogP contribution in [0.1, 0.15) is 79.2 Å². The normalized spacial score (nSPS) is 24.2. The van der Waals surface area contributed by atoms with Gasteiger partial charge in [-0.3, -0.25) is 9.59 Å². The summed E-state index contributed by atoms with van der Waals surface area (Å²) in [5.74, 6) is -0.412. The number of ether oxygens (including phenoxy) is 1. The van der Waals surface area contributed by atoms with Gasteiger partial charge in [-0.2, -0.15) is 13.2 Å². The minimum absolute atomic E-state index is 0.0723. The smallest absolute Gasteiger partial charge is 0.382 e. The van der Waals surface area contributed by atoms with Gasteiger partial charge in [-0.05, 0) is 60.4 Å². The molecule has 2 aromatic heterocycles. The molecule has 3 atom stereocenters. The van der Waals surface area contributed by atoms with Crippen LogP contribution in [0.5, 0.6) is 0 Å². The molecule has 0 radical (unpaired) electrons. The molecule has 2 aliphatic carbocycles. The van der Waals surface area contributed by atoms with Crippen LogP contribution in [0.4, 0.5) is 23.8 Å². The molecule has 0 bridgehead atoms. The Labute approximate surface area is 240 Å². The van der Waals surface area contributed by atoms with Gasteiger partial charge < -0.3 is 25.6 Å². The highest BCUT2D eigenvalue weighted by Gasteiger charge is 2.48. The highest BCUT2D eigenvalue weighted by molar-refractivity contribution is 6.00. The molecular formula is C27H34F3N7O5. The Balaban J connectivity index is 1.34. The molecule has 228 valence electrons. The Hall–Kier alpha value is -3.75. The van der Waals surface area contributed by atoms with Gasteiger partial charge in [0, 0.05) is 19.2 Å². The fourth-order valence-electron chi connectivity index (χ4n) is 5.67. The van der Waals surface area contributed by atoms with E-state index in [1.807, 2.05) is 5.32 Å². The summed E-state index contributed by atoms with van der Waals surface area (Å²) in [6.45, 7) is 1.48. The molecule has 5 rings (SSSR count). The molecule has 0 spiro atoms. The van der Waals surface area contributed by atoms with Gasteiger partial charge in [0.2, 0.25) is 5.91 Å². The Morgan fingerprint density at radius 2 is 1.93 bits per heavy atom. The number of hydrogen-bond donors (Lipinski definition) is 3. The van der Waals surface area contributed by atoms with Crippen molar-refractivity contribution in [1.82, 2.24) is 30.8 Å². The van der Waals surface area contributed by atoms with Crippen LogP contribution in [0.25, 0.3) is 0 Å². The average molecular weight is 594 g/mol. The lowest BCUT2D eigenvalue weighted by Crippen LogP contribution is -2.49. The summed E-state index contributed by atoms with van der Waals surface area (Å²) >= 11 is 0. The van der Waals surface area contributed by atoms with Crippen molar-refractivity contribution in [3.05, 3.63) is 35.3 Å². The van der Waals surface area contributed by atoms with E-state index in [9.17, 15) is 27.6 Å². The predicted molar refractivity (Wildman–Crippen MR) is 141 cm³/mol. The maximum atomic E-state index is 13.6. The molecule has 4 amide bonds. The monoisotopic (exact) mass is 593 g/mol. The number of amides is 4. The van der Waals surface area contributed by atoms with Crippen molar-refractivity contribution in [3.63, 3.8) is 0 Å². The summed E-state index contributed by atoms with van der Waals surface area (Å²) in [7, 11) is 1.38. The molecule has 3 aliphatic rings. The van der Waals surface area contributed by atoms with Gasteiger partial charge in [0.15, 0.2) is 5.69 Å². The van der Waals surface area contributed by atoms with Crippen LogP contribution in [0.15, 0.2) is 23.0 Å². The second kappa shape index (κ2) is 12.2. The number of carbonyl (C=O) groups is 3. The molecule has 3 heterocycles. The van der Waals surface area contributed by atoms with Gasteiger partial charge in [-0.1, -0.05) is 24.9 Å². The summed E-state index contributed by atoms with van der Waals surface area (Å²) < 4.78 is 49.9. The molecule has 42 heavy (non-hydrogen) atoms. The van der Waals surface area contributed by atoms with E-state index in [0.717, 1.165) is 43.4 Å². The molecule has 1 saturated heterocycles. The van der Waals surface area contributed by atoms with E-state index in [0.29, 0.717) is 17.2 Å². The summed E-state index contributed by atoms with van der Waals surface area (Å²) in [5.41, 5.74) is 0.985. The summed E-state index contributed by atoms with van der Waals surface area (Å²) in [5, 5.41) is 15.2. The van der Waals surface area contributed by atoms with Crippen molar-refractivity contribution >= 4 is 23.7 Å². The maximum Gasteiger partial charge on any atom is 0.410 e. The number of nitrogens with zero attached hydrogens (tertiary/aromatic N) is 4. The molecule has 0 aromatic carbocycles. The molecule has 12 nitrogen and oxygen atoms in total.